The van der Waals surface area contributed by atoms with Gasteiger partial charge in [0.15, 0.2) is 0 Å². The first-order valence-corrected chi connectivity index (χ1v) is 14.0. The van der Waals surface area contributed by atoms with E-state index >= 15 is 0 Å². The number of hydrogen-bond acceptors (Lipinski definition) is 2. The fourth-order valence-electron chi connectivity index (χ4n) is 7.62. The number of aromatic nitrogens is 2. The highest BCUT2D eigenvalue weighted by atomic mass is 79.9. The summed E-state index contributed by atoms with van der Waals surface area (Å²) < 4.78 is 2.44. The van der Waals surface area contributed by atoms with Crippen LogP contribution >= 0.6 is 15.9 Å². The van der Waals surface area contributed by atoms with Gasteiger partial charge < -0.3 is 5.32 Å². The molecule has 192 valence electrons. The Bertz CT molecular complexity index is 1450. The van der Waals surface area contributed by atoms with Gasteiger partial charge in [-0.2, -0.15) is 0 Å². The van der Waals surface area contributed by atoms with Gasteiger partial charge in [0.05, 0.1) is 11.3 Å². The first-order chi connectivity index (χ1) is 17.7. The molecule has 37 heavy (non-hydrogen) atoms. The molecule has 4 fully saturated rings. The van der Waals surface area contributed by atoms with E-state index in [4.69, 9.17) is 0 Å². The molecule has 3 aromatic rings. The maximum absolute atomic E-state index is 13.0. The summed E-state index contributed by atoms with van der Waals surface area (Å²) in [4.78, 5) is 29.8. The smallest absolute Gasteiger partial charge is 0.306 e. The topological polar surface area (TPSA) is 79.2 Å². The molecular formula is C30H33BrN4O2. The van der Waals surface area contributed by atoms with E-state index in [-0.39, 0.29) is 5.56 Å². The van der Waals surface area contributed by atoms with Gasteiger partial charge in [-0.05, 0) is 123 Å². The number of carbonyl (C=O) groups excluding carboxylic acids is 1. The number of urea groups is 1. The molecule has 4 bridgehead atoms. The van der Waals surface area contributed by atoms with Crippen LogP contribution in [-0.2, 0) is 5.41 Å². The lowest BCUT2D eigenvalue weighted by atomic mass is 9.48. The maximum atomic E-state index is 13.0. The Balaban J connectivity index is 1.18. The average molecular weight is 562 g/mol. The zero-order chi connectivity index (χ0) is 25.9. The maximum Gasteiger partial charge on any atom is 0.345 e. The second kappa shape index (κ2) is 9.12. The van der Waals surface area contributed by atoms with Crippen LogP contribution in [0.5, 0.6) is 0 Å². The van der Waals surface area contributed by atoms with Crippen molar-refractivity contribution in [3.05, 3.63) is 79.2 Å². The van der Waals surface area contributed by atoms with Crippen molar-refractivity contribution < 1.29 is 4.79 Å². The first kappa shape index (κ1) is 24.4. The van der Waals surface area contributed by atoms with Crippen molar-refractivity contribution in [2.75, 3.05) is 5.32 Å². The van der Waals surface area contributed by atoms with Crippen LogP contribution < -0.4 is 10.9 Å². The Labute approximate surface area is 225 Å². The molecule has 0 atom stereocenters. The fraction of sp³-hybridized carbons (Fsp3) is 0.433. The van der Waals surface area contributed by atoms with Gasteiger partial charge in [-0.25, -0.2) is 14.5 Å². The number of aromatic amines is 1. The largest absolute Gasteiger partial charge is 0.345 e. The lowest BCUT2D eigenvalue weighted by molar-refractivity contribution is -0.00520. The molecule has 2 N–H and O–H groups in total. The van der Waals surface area contributed by atoms with Crippen LogP contribution in [0.1, 0.15) is 66.5 Å². The Kier molecular flexibility index (Phi) is 6.02. The van der Waals surface area contributed by atoms with Crippen molar-refractivity contribution in [2.45, 2.75) is 64.7 Å². The molecule has 7 rings (SSSR count). The summed E-state index contributed by atoms with van der Waals surface area (Å²) in [5.74, 6) is 2.69. The van der Waals surface area contributed by atoms with Crippen LogP contribution in [0, 0.1) is 38.5 Å². The van der Waals surface area contributed by atoms with Crippen molar-refractivity contribution in [3.8, 4) is 5.69 Å². The second-order valence-electron chi connectivity index (χ2n) is 11.6. The van der Waals surface area contributed by atoms with Gasteiger partial charge in [0.1, 0.15) is 0 Å². The molecule has 1 heterocycles. The molecule has 0 aliphatic heterocycles. The third kappa shape index (κ3) is 4.41. The summed E-state index contributed by atoms with van der Waals surface area (Å²) in [7, 11) is 0. The normalized spacial score (nSPS) is 26.2. The highest BCUT2D eigenvalue weighted by Crippen LogP contribution is 2.60. The number of anilines is 1. The molecule has 4 aliphatic carbocycles. The number of halogens is 1. The quantitative estimate of drug-likeness (QED) is 0.338. The molecule has 6 nitrogen and oxygen atoms in total. The van der Waals surface area contributed by atoms with E-state index in [9.17, 15) is 9.59 Å². The van der Waals surface area contributed by atoms with E-state index in [2.05, 4.69) is 50.4 Å². The van der Waals surface area contributed by atoms with Gasteiger partial charge in [0.2, 0.25) is 0 Å². The number of benzene rings is 2. The summed E-state index contributed by atoms with van der Waals surface area (Å²) in [6, 6.07) is 11.8. The van der Waals surface area contributed by atoms with Crippen LogP contribution in [0.2, 0.25) is 0 Å². The van der Waals surface area contributed by atoms with Gasteiger partial charge in [-0.15, -0.1) is 0 Å². The molecule has 7 heteroatoms. The Morgan fingerprint density at radius 1 is 1.03 bits per heavy atom. The Hall–Kier alpha value is -2.93. The third-order valence-corrected chi connectivity index (χ3v) is 9.44. The van der Waals surface area contributed by atoms with Crippen LogP contribution in [0.3, 0.4) is 0 Å². The van der Waals surface area contributed by atoms with Gasteiger partial charge in [-0.1, -0.05) is 28.1 Å². The number of hydrogen-bond donors (Lipinski definition) is 2. The fourth-order valence-corrected chi connectivity index (χ4v) is 8.10. The monoisotopic (exact) mass is 560 g/mol. The van der Waals surface area contributed by atoms with Crippen molar-refractivity contribution in [3.63, 3.8) is 0 Å². The predicted molar refractivity (Wildman–Crippen MR) is 151 cm³/mol. The molecule has 0 saturated heterocycles. The number of aryl methyl sites for hydroxylation is 3. The molecule has 0 spiro atoms. The Morgan fingerprint density at radius 2 is 1.70 bits per heavy atom. The van der Waals surface area contributed by atoms with Crippen LogP contribution in [0.4, 0.5) is 10.5 Å². The highest BCUT2D eigenvalue weighted by Gasteiger charge is 2.51. The highest BCUT2D eigenvalue weighted by molar-refractivity contribution is 9.10. The van der Waals surface area contributed by atoms with Gasteiger partial charge >= 0.3 is 6.03 Å². The lowest BCUT2D eigenvalue weighted by Gasteiger charge is -2.57. The Morgan fingerprint density at radius 3 is 2.32 bits per heavy atom. The standard InChI is InChI=1S/C30H33BrN4O2/c1-17-8-23(30-13-20-10-21(14-30)12-22(11-20)15-30)4-6-26(17)33-29(37)32-16-25-19(3)34-35(28(25)36)27-7-5-24(31)9-18(27)2/h4-9,16,20-22,34H,10-15H2,1-3H3,(H,33,37). The minimum Gasteiger partial charge on any atom is -0.306 e. The van der Waals surface area contributed by atoms with E-state index in [0.717, 1.165) is 44.7 Å². The molecule has 2 amide bonds. The minimum absolute atomic E-state index is 0.240. The van der Waals surface area contributed by atoms with Gasteiger partial charge in [0.25, 0.3) is 5.56 Å². The van der Waals surface area contributed by atoms with Crippen LogP contribution in [-0.4, -0.2) is 22.0 Å². The molecule has 0 radical (unpaired) electrons. The number of nitrogens with one attached hydrogen (secondary N) is 2. The molecule has 1 aromatic heterocycles. The van der Waals surface area contributed by atoms with Crippen LogP contribution in [0.15, 0.2) is 50.7 Å². The SMILES string of the molecule is Cc1cc(C23CC4CC(CC(C4)C2)C3)ccc1NC(=O)N=Cc1c(C)[nH]n(-c2ccc(Br)cc2C)c1=O. The van der Waals surface area contributed by atoms with Crippen LogP contribution in [0.25, 0.3) is 5.69 Å². The number of carbonyl (C=O) groups is 1. The molecule has 4 saturated carbocycles. The summed E-state index contributed by atoms with van der Waals surface area (Å²) in [5.41, 5.74) is 6.09. The summed E-state index contributed by atoms with van der Waals surface area (Å²) in [5, 5.41) is 6.01. The minimum atomic E-state index is -0.489. The van der Waals surface area contributed by atoms with Crippen molar-refractivity contribution in [1.82, 2.24) is 9.78 Å². The predicted octanol–water partition coefficient (Wildman–Crippen LogP) is 6.97. The number of aliphatic imine (C=N–C) groups is 1. The molecule has 4 aliphatic rings. The summed E-state index contributed by atoms with van der Waals surface area (Å²) in [6.45, 7) is 5.80. The summed E-state index contributed by atoms with van der Waals surface area (Å²) in [6.07, 6.45) is 9.61. The van der Waals surface area contributed by atoms with Crippen molar-refractivity contribution in [1.29, 1.82) is 0 Å². The summed E-state index contributed by atoms with van der Waals surface area (Å²) >= 11 is 3.46. The zero-order valence-electron chi connectivity index (χ0n) is 21.6. The molecular weight excluding hydrogens is 528 g/mol. The molecule has 2 aromatic carbocycles. The van der Waals surface area contributed by atoms with E-state index in [0.29, 0.717) is 16.7 Å². The number of H-pyrrole nitrogens is 1. The first-order valence-electron chi connectivity index (χ1n) is 13.2. The van der Waals surface area contributed by atoms with Crippen molar-refractivity contribution >= 4 is 33.9 Å². The van der Waals surface area contributed by atoms with Crippen molar-refractivity contribution in [2.24, 2.45) is 22.7 Å². The average Bonchev–Trinajstić information content (AvgIpc) is 3.11. The number of rotatable bonds is 4. The zero-order valence-corrected chi connectivity index (χ0v) is 23.2. The van der Waals surface area contributed by atoms with E-state index in [1.165, 1.54) is 55.0 Å². The number of nitrogens with zero attached hydrogens (tertiary/aromatic N) is 2. The van der Waals surface area contributed by atoms with E-state index in [1.807, 2.05) is 31.2 Å². The van der Waals surface area contributed by atoms with Gasteiger partial charge in [0, 0.05) is 22.1 Å². The molecule has 0 unspecified atom stereocenters. The lowest BCUT2D eigenvalue weighted by Crippen LogP contribution is -2.48. The number of amides is 2. The second-order valence-corrected chi connectivity index (χ2v) is 12.6. The van der Waals surface area contributed by atoms with E-state index in [1.54, 1.807) is 6.92 Å². The third-order valence-electron chi connectivity index (χ3n) is 8.95. The van der Waals surface area contributed by atoms with Gasteiger partial charge in [-0.3, -0.25) is 9.89 Å². The van der Waals surface area contributed by atoms with E-state index < -0.39 is 6.03 Å².